The van der Waals surface area contributed by atoms with Gasteiger partial charge in [0, 0.05) is 38.2 Å². The van der Waals surface area contributed by atoms with Gasteiger partial charge in [-0.1, -0.05) is 0 Å². The van der Waals surface area contributed by atoms with Gasteiger partial charge in [0.25, 0.3) is 0 Å². The molecule has 0 amide bonds. The predicted octanol–water partition coefficient (Wildman–Crippen LogP) is 0.973. The molecule has 2 rings (SSSR count). The number of sulfonamides is 1. The van der Waals surface area contributed by atoms with Crippen molar-refractivity contribution in [2.24, 2.45) is 0 Å². The summed E-state index contributed by atoms with van der Waals surface area (Å²) in [6.07, 6.45) is 6.47. The smallest absolute Gasteiger partial charge is 0.222 e. The van der Waals surface area contributed by atoms with Crippen molar-refractivity contribution in [2.75, 3.05) is 20.1 Å². The average Bonchev–Trinajstić information content (AvgIpc) is 2.47. The molecule has 0 spiro atoms. The van der Waals surface area contributed by atoms with Crippen molar-refractivity contribution in [1.29, 1.82) is 0 Å². The van der Waals surface area contributed by atoms with Crippen LogP contribution in [-0.2, 0) is 10.0 Å². The monoisotopic (exact) mass is 320 g/mol. The molecule has 0 radical (unpaired) electrons. The molecule has 0 aliphatic carbocycles. The van der Waals surface area contributed by atoms with E-state index < -0.39 is 15.3 Å². The van der Waals surface area contributed by atoms with Crippen LogP contribution in [-0.4, -0.2) is 48.9 Å². The van der Waals surface area contributed by atoms with Crippen molar-refractivity contribution < 1.29 is 8.42 Å². The number of nitrogens with zero attached hydrogens (tertiary/aromatic N) is 3. The Morgan fingerprint density at radius 2 is 2.20 bits per heavy atom. The molecular weight excluding hydrogens is 300 g/mol. The van der Waals surface area contributed by atoms with Gasteiger partial charge < -0.3 is 5.32 Å². The molecule has 2 heterocycles. The van der Waals surface area contributed by atoms with Crippen molar-refractivity contribution in [2.45, 2.75) is 31.1 Å². The van der Waals surface area contributed by atoms with Gasteiger partial charge in [0.2, 0.25) is 10.0 Å². The second-order valence-electron chi connectivity index (χ2n) is 4.83. The summed E-state index contributed by atoms with van der Waals surface area (Å²) in [5, 5.41) is 2.56. The average molecular weight is 321 g/mol. The summed E-state index contributed by atoms with van der Waals surface area (Å²) in [6.45, 7) is 3.33. The fraction of sp³-hybridized carbons (Fsp3) is 0.667. The maximum atomic E-state index is 12.6. The number of halogens is 1. The quantitative estimate of drug-likeness (QED) is 0.895. The minimum atomic E-state index is -3.40. The highest BCUT2D eigenvalue weighted by Gasteiger charge is 2.33. The van der Waals surface area contributed by atoms with E-state index in [1.807, 2.05) is 0 Å². The summed E-state index contributed by atoms with van der Waals surface area (Å²) in [7, 11) is -1.75. The summed E-state index contributed by atoms with van der Waals surface area (Å²) in [6, 6.07) is 0.0258. The second-order valence-corrected chi connectivity index (χ2v) is 7.15. The van der Waals surface area contributed by atoms with E-state index in [4.69, 9.17) is 0 Å². The summed E-state index contributed by atoms with van der Waals surface area (Å²) in [4.78, 5) is 8.02. The highest BCUT2D eigenvalue weighted by Crippen LogP contribution is 2.25. The van der Waals surface area contributed by atoms with Gasteiger partial charge >= 0.3 is 0 Å². The Kier molecular flexibility index (Phi) is 6.32. The normalized spacial score (nSPS) is 21.2. The number of piperidine rings is 1. The van der Waals surface area contributed by atoms with Crippen molar-refractivity contribution >= 4 is 22.4 Å². The third-order valence-corrected chi connectivity index (χ3v) is 5.87. The molecule has 1 fully saturated rings. The number of rotatable bonds is 4. The molecular formula is C12H21ClN4O2S. The predicted molar refractivity (Wildman–Crippen MR) is 80.3 cm³/mol. The van der Waals surface area contributed by atoms with Crippen LogP contribution in [0.1, 0.15) is 30.7 Å². The molecule has 1 aromatic heterocycles. The molecule has 8 heteroatoms. The highest BCUT2D eigenvalue weighted by molar-refractivity contribution is 7.89. The molecule has 0 bridgehead atoms. The molecule has 114 valence electrons. The van der Waals surface area contributed by atoms with Gasteiger partial charge in [0.05, 0.1) is 5.69 Å². The topological polar surface area (TPSA) is 75.2 Å². The molecule has 1 aromatic rings. The minimum Gasteiger partial charge on any atom is -0.315 e. The number of nitrogens with one attached hydrogen (secondary N) is 1. The van der Waals surface area contributed by atoms with Gasteiger partial charge in [-0.15, -0.1) is 12.4 Å². The fourth-order valence-electron chi connectivity index (χ4n) is 2.27. The van der Waals surface area contributed by atoms with E-state index in [0.29, 0.717) is 12.2 Å². The first kappa shape index (κ1) is 17.3. The van der Waals surface area contributed by atoms with E-state index in [1.165, 1.54) is 22.9 Å². The number of hydrogen-bond acceptors (Lipinski definition) is 5. The molecule has 1 aliphatic heterocycles. The van der Waals surface area contributed by atoms with E-state index in [0.717, 1.165) is 19.4 Å². The first-order chi connectivity index (χ1) is 9.03. The van der Waals surface area contributed by atoms with Gasteiger partial charge in [-0.25, -0.2) is 12.7 Å². The zero-order valence-corrected chi connectivity index (χ0v) is 13.3. The van der Waals surface area contributed by atoms with Crippen LogP contribution in [0, 0.1) is 0 Å². The van der Waals surface area contributed by atoms with Crippen LogP contribution in [0.15, 0.2) is 18.6 Å². The summed E-state index contributed by atoms with van der Waals surface area (Å²) in [5.74, 6) is 0. The first-order valence-electron chi connectivity index (χ1n) is 6.47. The van der Waals surface area contributed by atoms with Crippen molar-refractivity contribution in [1.82, 2.24) is 19.6 Å². The molecule has 6 nitrogen and oxygen atoms in total. The Bertz CT molecular complexity index is 505. The summed E-state index contributed by atoms with van der Waals surface area (Å²) >= 11 is 0. The zero-order chi connectivity index (χ0) is 13.9. The van der Waals surface area contributed by atoms with Crippen molar-refractivity contribution in [3.63, 3.8) is 0 Å². The molecule has 0 saturated carbocycles. The largest absolute Gasteiger partial charge is 0.315 e. The second kappa shape index (κ2) is 7.31. The summed E-state index contributed by atoms with van der Waals surface area (Å²) in [5.41, 5.74) is 0.484. The number of hydrogen-bond donors (Lipinski definition) is 1. The standard InChI is InChI=1S/C12H20N4O2S.ClH/c1-10(12-9-14-6-7-15-12)19(17,18)16(2)11-4-3-5-13-8-11;/h6-7,9-11,13H,3-5,8H2,1-2H3;1H. The molecule has 1 N–H and O–H groups in total. The van der Waals surface area contributed by atoms with Gasteiger partial charge in [-0.3, -0.25) is 9.97 Å². The Balaban J connectivity index is 0.00000200. The molecule has 20 heavy (non-hydrogen) atoms. The zero-order valence-electron chi connectivity index (χ0n) is 11.7. The SMILES string of the molecule is CC(c1cnccn1)S(=O)(=O)N(C)C1CCCNC1.Cl. The molecule has 2 unspecified atom stereocenters. The number of likely N-dealkylation sites (N-methyl/N-ethyl adjacent to an activating group) is 1. The third-order valence-electron chi connectivity index (χ3n) is 3.63. The Morgan fingerprint density at radius 1 is 1.45 bits per heavy atom. The first-order valence-corrected chi connectivity index (χ1v) is 7.97. The van der Waals surface area contributed by atoms with Crippen LogP contribution in [0.5, 0.6) is 0 Å². The lowest BCUT2D eigenvalue weighted by molar-refractivity contribution is 0.297. The van der Waals surface area contributed by atoms with Gasteiger partial charge in [0.15, 0.2) is 0 Å². The maximum absolute atomic E-state index is 12.6. The van der Waals surface area contributed by atoms with Gasteiger partial charge in [0.1, 0.15) is 5.25 Å². The molecule has 1 aliphatic rings. The van der Waals surface area contributed by atoms with E-state index in [9.17, 15) is 8.42 Å². The lowest BCUT2D eigenvalue weighted by Gasteiger charge is -2.32. The Morgan fingerprint density at radius 3 is 2.75 bits per heavy atom. The van der Waals surface area contributed by atoms with Crippen molar-refractivity contribution in [3.05, 3.63) is 24.3 Å². The van der Waals surface area contributed by atoms with Crippen LogP contribution in [0.4, 0.5) is 0 Å². The van der Waals surface area contributed by atoms with E-state index >= 15 is 0 Å². The number of aromatic nitrogens is 2. The van der Waals surface area contributed by atoms with E-state index in [2.05, 4.69) is 15.3 Å². The van der Waals surface area contributed by atoms with Crippen LogP contribution < -0.4 is 5.32 Å². The highest BCUT2D eigenvalue weighted by atomic mass is 35.5. The van der Waals surface area contributed by atoms with E-state index in [1.54, 1.807) is 14.0 Å². The van der Waals surface area contributed by atoms with Crippen molar-refractivity contribution in [3.8, 4) is 0 Å². The lowest BCUT2D eigenvalue weighted by Crippen LogP contribution is -2.47. The van der Waals surface area contributed by atoms with Crippen LogP contribution in [0.25, 0.3) is 0 Å². The summed E-state index contributed by atoms with van der Waals surface area (Å²) < 4.78 is 26.6. The molecule has 2 atom stereocenters. The van der Waals surface area contributed by atoms with Crippen LogP contribution in [0.3, 0.4) is 0 Å². The minimum absolute atomic E-state index is 0. The van der Waals surface area contributed by atoms with Crippen LogP contribution >= 0.6 is 12.4 Å². The Labute approximate surface area is 126 Å². The van der Waals surface area contributed by atoms with Gasteiger partial charge in [-0.2, -0.15) is 0 Å². The fourth-order valence-corrected chi connectivity index (χ4v) is 3.80. The van der Waals surface area contributed by atoms with E-state index in [-0.39, 0.29) is 18.4 Å². The van der Waals surface area contributed by atoms with Crippen LogP contribution in [0.2, 0.25) is 0 Å². The molecule has 0 aromatic carbocycles. The Hall–Kier alpha value is -0.760. The lowest BCUT2D eigenvalue weighted by atomic mass is 10.1. The molecule has 1 saturated heterocycles. The van der Waals surface area contributed by atoms with Gasteiger partial charge in [-0.05, 0) is 26.3 Å². The third kappa shape index (κ3) is 3.66. The maximum Gasteiger partial charge on any atom is 0.222 e.